The minimum absolute atomic E-state index is 0.104. The monoisotopic (exact) mass is 449 g/mol. The molecule has 2 aromatic carbocycles. The number of aromatic nitrogens is 4. The van der Waals surface area contributed by atoms with Gasteiger partial charge in [0.2, 0.25) is 5.91 Å². The van der Waals surface area contributed by atoms with Crippen LogP contribution in [0.1, 0.15) is 5.69 Å². The van der Waals surface area contributed by atoms with Crippen molar-refractivity contribution in [2.24, 2.45) is 0 Å². The number of nitrogens with zero attached hydrogens (tertiary/aromatic N) is 4. The molecule has 6 aromatic rings. The maximum atomic E-state index is 13.1. The molecule has 160 valence electrons. The number of anilines is 1. The third kappa shape index (κ3) is 3.58. The number of carbonyl (C=O) groups excluding carboxylic acids is 1. The summed E-state index contributed by atoms with van der Waals surface area (Å²) in [6.45, 7) is 0. The van der Waals surface area contributed by atoms with Gasteiger partial charge in [0.05, 0.1) is 12.1 Å². The first kappa shape index (κ1) is 19.5. The first-order valence-corrected chi connectivity index (χ1v) is 11.5. The quantitative estimate of drug-likeness (QED) is 0.375. The van der Waals surface area contributed by atoms with Crippen LogP contribution in [-0.2, 0) is 11.2 Å². The molecule has 0 aliphatic carbocycles. The van der Waals surface area contributed by atoms with Gasteiger partial charge in [-0.3, -0.25) is 13.6 Å². The molecule has 0 radical (unpaired) electrons. The van der Waals surface area contributed by atoms with Crippen molar-refractivity contribution in [2.75, 3.05) is 5.32 Å². The molecule has 4 heterocycles. The second kappa shape index (κ2) is 8.03. The Hall–Kier alpha value is -4.23. The minimum atomic E-state index is -0.104. The highest BCUT2D eigenvalue weighted by atomic mass is 32.1. The third-order valence-electron chi connectivity index (χ3n) is 5.53. The Bertz CT molecular complexity index is 1580. The van der Waals surface area contributed by atoms with Crippen molar-refractivity contribution in [2.45, 2.75) is 6.42 Å². The van der Waals surface area contributed by atoms with Gasteiger partial charge in [-0.15, -0.1) is 11.3 Å². The van der Waals surface area contributed by atoms with Gasteiger partial charge < -0.3 is 5.32 Å². The average Bonchev–Trinajstić information content (AvgIpc) is 3.55. The number of imidazole rings is 2. The highest BCUT2D eigenvalue weighted by Crippen LogP contribution is 2.29. The van der Waals surface area contributed by atoms with Crippen LogP contribution < -0.4 is 5.32 Å². The molecule has 4 aromatic heterocycles. The van der Waals surface area contributed by atoms with Crippen LogP contribution in [0.5, 0.6) is 0 Å². The molecule has 0 fully saturated rings. The lowest BCUT2D eigenvalue weighted by molar-refractivity contribution is -0.115. The molecular weight excluding hydrogens is 430 g/mol. The third-order valence-corrected chi connectivity index (χ3v) is 6.42. The number of amides is 1. The Labute approximate surface area is 193 Å². The molecular formula is C26H19N5OS. The first-order chi connectivity index (χ1) is 16.3. The second-order valence-electron chi connectivity index (χ2n) is 7.70. The molecule has 33 heavy (non-hydrogen) atoms. The molecule has 7 heteroatoms. The number of thiazole rings is 1. The fraction of sp³-hybridized carbons (Fsp3) is 0.0385. The van der Waals surface area contributed by atoms with E-state index in [1.165, 1.54) is 11.3 Å². The first-order valence-electron chi connectivity index (χ1n) is 10.6. The fourth-order valence-corrected chi connectivity index (χ4v) is 4.83. The lowest BCUT2D eigenvalue weighted by atomic mass is 10.1. The summed E-state index contributed by atoms with van der Waals surface area (Å²) in [5.74, 6) is 0.566. The van der Waals surface area contributed by atoms with Crippen molar-refractivity contribution in [3.8, 4) is 22.5 Å². The van der Waals surface area contributed by atoms with Crippen molar-refractivity contribution in [1.29, 1.82) is 0 Å². The van der Waals surface area contributed by atoms with Gasteiger partial charge in [-0.1, -0.05) is 66.7 Å². The number of rotatable bonds is 5. The SMILES string of the molecule is O=C(Cc1csc2nc(-c3ccccc3)cn12)Nc1c(-c2ccccc2)nc2ccccn12. The van der Waals surface area contributed by atoms with Gasteiger partial charge in [0.1, 0.15) is 17.2 Å². The van der Waals surface area contributed by atoms with E-state index in [4.69, 9.17) is 9.97 Å². The molecule has 0 atom stereocenters. The molecule has 0 bridgehead atoms. The summed E-state index contributed by atoms with van der Waals surface area (Å²) in [5.41, 5.74) is 5.35. The van der Waals surface area contributed by atoms with Crippen LogP contribution in [0.2, 0.25) is 0 Å². The number of carbonyl (C=O) groups is 1. The molecule has 0 saturated heterocycles. The standard InChI is InChI=1S/C26H19N5OS/c32-23(15-20-17-33-26-27-21(16-31(20)26)18-9-3-1-4-10-18)29-25-24(19-11-5-2-6-12-19)28-22-13-7-8-14-30(22)25/h1-14,16-17H,15H2,(H,29,32). The Morgan fingerprint density at radius 2 is 1.58 bits per heavy atom. The molecule has 0 unspecified atom stereocenters. The summed E-state index contributed by atoms with van der Waals surface area (Å²) in [6.07, 6.45) is 4.14. The van der Waals surface area contributed by atoms with Gasteiger partial charge in [-0.25, -0.2) is 9.97 Å². The van der Waals surface area contributed by atoms with Crippen molar-refractivity contribution >= 4 is 33.7 Å². The molecule has 0 spiro atoms. The van der Waals surface area contributed by atoms with Gasteiger partial charge in [-0.2, -0.15) is 0 Å². The van der Waals surface area contributed by atoms with Crippen LogP contribution in [0.25, 0.3) is 33.1 Å². The molecule has 0 saturated carbocycles. The van der Waals surface area contributed by atoms with E-state index >= 15 is 0 Å². The van der Waals surface area contributed by atoms with Gasteiger partial charge in [0.15, 0.2) is 4.96 Å². The topological polar surface area (TPSA) is 63.7 Å². The summed E-state index contributed by atoms with van der Waals surface area (Å²) in [4.78, 5) is 23.5. The maximum absolute atomic E-state index is 13.1. The van der Waals surface area contributed by atoms with Gasteiger partial charge >= 0.3 is 0 Å². The predicted octanol–water partition coefficient (Wildman–Crippen LogP) is 5.56. The molecule has 0 aliphatic heterocycles. The largest absolute Gasteiger partial charge is 0.310 e. The Morgan fingerprint density at radius 1 is 0.848 bits per heavy atom. The van der Waals surface area contributed by atoms with E-state index in [9.17, 15) is 4.79 Å². The van der Waals surface area contributed by atoms with Crippen LogP contribution in [0, 0.1) is 0 Å². The smallest absolute Gasteiger partial charge is 0.231 e. The second-order valence-corrected chi connectivity index (χ2v) is 8.54. The molecule has 6 rings (SSSR count). The molecule has 1 amide bonds. The number of nitrogens with one attached hydrogen (secondary N) is 1. The van der Waals surface area contributed by atoms with E-state index in [0.29, 0.717) is 5.82 Å². The Morgan fingerprint density at radius 3 is 2.36 bits per heavy atom. The zero-order valence-electron chi connectivity index (χ0n) is 17.6. The van der Waals surface area contributed by atoms with Crippen LogP contribution in [0.3, 0.4) is 0 Å². The summed E-state index contributed by atoms with van der Waals surface area (Å²) in [6, 6.07) is 25.8. The van der Waals surface area contributed by atoms with Crippen molar-refractivity contribution < 1.29 is 4.79 Å². The Balaban J connectivity index is 1.32. The number of hydrogen-bond donors (Lipinski definition) is 1. The van der Waals surface area contributed by atoms with E-state index in [2.05, 4.69) is 5.32 Å². The highest BCUT2D eigenvalue weighted by molar-refractivity contribution is 7.15. The van der Waals surface area contributed by atoms with Gasteiger partial charge in [0, 0.05) is 34.6 Å². The lowest BCUT2D eigenvalue weighted by Gasteiger charge is -2.08. The van der Waals surface area contributed by atoms with Crippen LogP contribution in [0.4, 0.5) is 5.82 Å². The highest BCUT2D eigenvalue weighted by Gasteiger charge is 2.18. The van der Waals surface area contributed by atoms with E-state index in [-0.39, 0.29) is 12.3 Å². The van der Waals surface area contributed by atoms with E-state index in [0.717, 1.165) is 38.8 Å². The van der Waals surface area contributed by atoms with Crippen LogP contribution >= 0.6 is 11.3 Å². The van der Waals surface area contributed by atoms with E-state index < -0.39 is 0 Å². The summed E-state index contributed by atoms with van der Waals surface area (Å²) in [7, 11) is 0. The number of fused-ring (bicyclic) bond motifs is 2. The normalized spacial score (nSPS) is 11.3. The fourth-order valence-electron chi connectivity index (χ4n) is 3.96. The molecule has 1 N–H and O–H groups in total. The van der Waals surface area contributed by atoms with Crippen molar-refractivity contribution in [3.05, 3.63) is 102 Å². The van der Waals surface area contributed by atoms with Crippen molar-refractivity contribution in [3.63, 3.8) is 0 Å². The summed E-state index contributed by atoms with van der Waals surface area (Å²) < 4.78 is 3.91. The molecule has 0 aliphatic rings. The summed E-state index contributed by atoms with van der Waals surface area (Å²) in [5, 5.41) is 5.10. The Kier molecular flexibility index (Phi) is 4.74. The number of hydrogen-bond acceptors (Lipinski definition) is 4. The zero-order chi connectivity index (χ0) is 22.2. The number of pyridine rings is 1. The maximum Gasteiger partial charge on any atom is 0.231 e. The predicted molar refractivity (Wildman–Crippen MR) is 131 cm³/mol. The average molecular weight is 450 g/mol. The van der Waals surface area contributed by atoms with E-state index in [1.807, 2.05) is 105 Å². The van der Waals surface area contributed by atoms with Crippen LogP contribution in [0.15, 0.2) is 96.6 Å². The van der Waals surface area contributed by atoms with Crippen molar-refractivity contribution in [1.82, 2.24) is 18.8 Å². The molecule has 6 nitrogen and oxygen atoms in total. The van der Waals surface area contributed by atoms with Gasteiger partial charge in [0.25, 0.3) is 0 Å². The number of benzene rings is 2. The lowest BCUT2D eigenvalue weighted by Crippen LogP contribution is -2.17. The zero-order valence-corrected chi connectivity index (χ0v) is 18.4. The van der Waals surface area contributed by atoms with Crippen LogP contribution in [-0.4, -0.2) is 24.7 Å². The van der Waals surface area contributed by atoms with Gasteiger partial charge in [-0.05, 0) is 12.1 Å². The summed E-state index contributed by atoms with van der Waals surface area (Å²) >= 11 is 1.54. The minimum Gasteiger partial charge on any atom is -0.310 e. The van der Waals surface area contributed by atoms with E-state index in [1.54, 1.807) is 0 Å².